The number of aromatic nitrogens is 1. The molecule has 5 heteroatoms. The molecule has 0 saturated carbocycles. The van der Waals surface area contributed by atoms with Crippen LogP contribution in [-0.2, 0) is 0 Å². The van der Waals surface area contributed by atoms with Crippen molar-refractivity contribution in [2.45, 2.75) is 5.92 Å². The van der Waals surface area contributed by atoms with Gasteiger partial charge in [0.1, 0.15) is 5.82 Å². The first-order valence-corrected chi connectivity index (χ1v) is 9.41. The zero-order valence-corrected chi connectivity index (χ0v) is 15.4. The lowest BCUT2D eigenvalue weighted by atomic mass is 9.87. The number of hydrogen-bond acceptors (Lipinski definition) is 2. The first-order valence-electron chi connectivity index (χ1n) is 9.41. The fourth-order valence-electron chi connectivity index (χ4n) is 4.28. The molecule has 4 nitrogen and oxygen atoms in total. The van der Waals surface area contributed by atoms with Gasteiger partial charge in [-0.25, -0.2) is 4.39 Å². The number of nitro groups is 1. The number of aromatic amines is 1. The Morgan fingerprint density at radius 3 is 2.55 bits per heavy atom. The van der Waals surface area contributed by atoms with Crippen LogP contribution in [0.1, 0.15) is 33.9 Å². The molecule has 0 amide bonds. The Labute approximate surface area is 166 Å². The molecule has 3 aromatic carbocycles. The Balaban J connectivity index is 1.89. The summed E-state index contributed by atoms with van der Waals surface area (Å²) in [5.74, 6) is -0.950. The minimum Gasteiger partial charge on any atom is -0.354 e. The number of nitrogens with zero attached hydrogens (tertiary/aromatic N) is 1. The van der Waals surface area contributed by atoms with Crippen molar-refractivity contribution in [1.82, 2.24) is 4.98 Å². The maximum atomic E-state index is 14.2. The third kappa shape index (κ3) is 2.91. The number of H-pyrrole nitrogens is 1. The Morgan fingerprint density at radius 2 is 1.76 bits per heavy atom. The van der Waals surface area contributed by atoms with E-state index in [1.807, 2.05) is 60.7 Å². The van der Waals surface area contributed by atoms with E-state index >= 15 is 0 Å². The molecule has 1 N–H and O–H groups in total. The van der Waals surface area contributed by atoms with Crippen molar-refractivity contribution in [2.24, 2.45) is 0 Å². The largest absolute Gasteiger partial charge is 0.354 e. The molecule has 5 rings (SSSR count). The van der Waals surface area contributed by atoms with Crippen LogP contribution in [0.25, 0.3) is 22.6 Å². The van der Waals surface area contributed by atoms with Crippen molar-refractivity contribution >= 4 is 22.6 Å². The summed E-state index contributed by atoms with van der Waals surface area (Å²) in [7, 11) is 0. The quantitative estimate of drug-likeness (QED) is 0.368. The Hall–Kier alpha value is -3.73. The summed E-state index contributed by atoms with van der Waals surface area (Å²) in [4.78, 5) is 14.7. The van der Waals surface area contributed by atoms with Crippen LogP contribution in [0.2, 0.25) is 0 Å². The van der Waals surface area contributed by atoms with E-state index in [1.165, 1.54) is 12.1 Å². The molecular weight excluding hydrogens is 367 g/mol. The number of hydrogen-bond donors (Lipinski definition) is 1. The first kappa shape index (κ1) is 17.4. The molecule has 0 saturated heterocycles. The van der Waals surface area contributed by atoms with Gasteiger partial charge in [-0.2, -0.15) is 0 Å². The van der Waals surface area contributed by atoms with Gasteiger partial charge in [0.05, 0.1) is 11.6 Å². The number of fused-ring (bicyclic) bond motifs is 4. The number of nitrogens with one attached hydrogen (secondary N) is 1. The van der Waals surface area contributed by atoms with Gasteiger partial charge in [-0.1, -0.05) is 54.6 Å². The van der Waals surface area contributed by atoms with Crippen molar-refractivity contribution in [3.63, 3.8) is 0 Å². The van der Waals surface area contributed by atoms with Gasteiger partial charge in [-0.05, 0) is 46.5 Å². The molecule has 1 aliphatic carbocycles. The Bertz CT molecular complexity index is 1270. The van der Waals surface area contributed by atoms with Crippen LogP contribution in [0.3, 0.4) is 0 Å². The summed E-state index contributed by atoms with van der Waals surface area (Å²) >= 11 is 0. The van der Waals surface area contributed by atoms with E-state index in [2.05, 4.69) is 4.98 Å². The standard InChI is InChI=1S/C24H17FN2O2/c25-17-11-10-16-12-20(15-6-2-1-3-7-15)24-23(18-8-4-5-9-22(18)26-24)21(14-27(28)29)19(16)13-17/h1-13,21,26H,14H2/t21-/m1/s1. The van der Waals surface area contributed by atoms with E-state index in [0.29, 0.717) is 5.56 Å². The highest BCUT2D eigenvalue weighted by Gasteiger charge is 2.32. The summed E-state index contributed by atoms with van der Waals surface area (Å²) in [5.41, 5.74) is 5.97. The molecule has 4 aromatic rings. The van der Waals surface area contributed by atoms with E-state index in [4.69, 9.17) is 0 Å². The van der Waals surface area contributed by atoms with E-state index in [-0.39, 0.29) is 11.5 Å². The molecule has 1 atom stereocenters. The van der Waals surface area contributed by atoms with Gasteiger partial charge in [-0.15, -0.1) is 0 Å². The molecule has 0 bridgehead atoms. The molecule has 1 aliphatic rings. The molecule has 1 aromatic heterocycles. The normalized spacial score (nSPS) is 15.3. The first-order chi connectivity index (χ1) is 14.1. The second-order valence-electron chi connectivity index (χ2n) is 7.22. The molecule has 0 aliphatic heterocycles. The summed E-state index contributed by atoms with van der Waals surface area (Å²) in [6.45, 7) is -0.304. The van der Waals surface area contributed by atoms with E-state index in [1.54, 1.807) is 6.07 Å². The van der Waals surface area contributed by atoms with Crippen LogP contribution in [0.15, 0.2) is 72.8 Å². The summed E-state index contributed by atoms with van der Waals surface area (Å²) < 4.78 is 14.2. The van der Waals surface area contributed by atoms with Crippen LogP contribution in [0, 0.1) is 15.9 Å². The van der Waals surface area contributed by atoms with Crippen LogP contribution < -0.4 is 0 Å². The molecular formula is C24H17FN2O2. The summed E-state index contributed by atoms with van der Waals surface area (Å²) in [6, 6.07) is 22.2. The molecule has 29 heavy (non-hydrogen) atoms. The van der Waals surface area contributed by atoms with Crippen molar-refractivity contribution < 1.29 is 9.31 Å². The fourth-order valence-corrected chi connectivity index (χ4v) is 4.28. The van der Waals surface area contributed by atoms with Crippen LogP contribution in [0.4, 0.5) is 4.39 Å². The van der Waals surface area contributed by atoms with Crippen molar-refractivity contribution in [2.75, 3.05) is 6.54 Å². The van der Waals surface area contributed by atoms with Crippen molar-refractivity contribution in [3.8, 4) is 0 Å². The van der Waals surface area contributed by atoms with Gasteiger partial charge >= 0.3 is 0 Å². The van der Waals surface area contributed by atoms with Gasteiger partial charge in [0.25, 0.3) is 0 Å². The minimum absolute atomic E-state index is 0.304. The lowest BCUT2D eigenvalue weighted by Gasteiger charge is -2.16. The molecule has 1 heterocycles. The Kier molecular flexibility index (Phi) is 4.02. The lowest BCUT2D eigenvalue weighted by Crippen LogP contribution is -2.15. The number of para-hydroxylation sites is 1. The second kappa shape index (κ2) is 6.71. The fraction of sp³-hybridized carbons (Fsp3) is 0.0833. The minimum atomic E-state index is -0.556. The van der Waals surface area contributed by atoms with Crippen LogP contribution >= 0.6 is 0 Å². The zero-order valence-electron chi connectivity index (χ0n) is 15.4. The average molecular weight is 384 g/mol. The van der Waals surface area contributed by atoms with Crippen molar-refractivity contribution in [3.05, 3.63) is 117 Å². The van der Waals surface area contributed by atoms with Gasteiger partial charge in [-0.3, -0.25) is 10.1 Å². The molecule has 0 spiro atoms. The van der Waals surface area contributed by atoms with Gasteiger partial charge in [0.15, 0.2) is 0 Å². The predicted octanol–water partition coefficient (Wildman–Crippen LogP) is 5.62. The molecule has 0 unspecified atom stereocenters. The van der Waals surface area contributed by atoms with Crippen molar-refractivity contribution in [1.29, 1.82) is 0 Å². The molecule has 0 fully saturated rings. The molecule has 142 valence electrons. The zero-order chi connectivity index (χ0) is 20.0. The van der Waals surface area contributed by atoms with Crippen LogP contribution in [-0.4, -0.2) is 16.5 Å². The number of rotatable bonds is 3. The van der Waals surface area contributed by atoms with E-state index in [9.17, 15) is 14.5 Å². The highest BCUT2D eigenvalue weighted by atomic mass is 19.1. The highest BCUT2D eigenvalue weighted by Crippen LogP contribution is 2.43. The predicted molar refractivity (Wildman–Crippen MR) is 112 cm³/mol. The topological polar surface area (TPSA) is 58.9 Å². The summed E-state index contributed by atoms with van der Waals surface area (Å²) in [5, 5.41) is 12.5. The highest BCUT2D eigenvalue weighted by molar-refractivity contribution is 6.00. The van der Waals surface area contributed by atoms with Gasteiger partial charge in [0, 0.05) is 21.4 Å². The second-order valence-corrected chi connectivity index (χ2v) is 7.22. The summed E-state index contributed by atoms with van der Waals surface area (Å²) in [6.07, 6.45) is 2.00. The van der Waals surface area contributed by atoms with E-state index in [0.717, 1.165) is 38.9 Å². The third-order valence-corrected chi connectivity index (χ3v) is 5.50. The number of halogens is 1. The smallest absolute Gasteiger partial charge is 0.214 e. The average Bonchev–Trinajstić information content (AvgIpc) is 3.05. The number of benzene rings is 3. The lowest BCUT2D eigenvalue weighted by molar-refractivity contribution is -0.481. The maximum absolute atomic E-state index is 14.2. The van der Waals surface area contributed by atoms with Gasteiger partial charge in [0.2, 0.25) is 6.54 Å². The molecule has 0 radical (unpaired) electrons. The van der Waals surface area contributed by atoms with Gasteiger partial charge < -0.3 is 4.98 Å². The SMILES string of the molecule is O=[N+]([O-])C[C@@H]1c2cc(F)ccc2C=C(c2ccccc2)c2[nH]c3ccccc3c21. The van der Waals surface area contributed by atoms with E-state index < -0.39 is 11.7 Å². The monoisotopic (exact) mass is 384 g/mol. The third-order valence-electron chi connectivity index (χ3n) is 5.50. The maximum Gasteiger partial charge on any atom is 0.214 e. The Morgan fingerprint density at radius 1 is 1.00 bits per heavy atom. The van der Waals surface area contributed by atoms with Crippen LogP contribution in [0.5, 0.6) is 0 Å².